The minimum absolute atomic E-state index is 0.143. The van der Waals surface area contributed by atoms with Crippen LogP contribution in [0.4, 0.5) is 4.39 Å². The molecule has 0 spiro atoms. The van der Waals surface area contributed by atoms with Crippen LogP contribution in [-0.2, 0) is 22.6 Å². The Balaban J connectivity index is 2.26. The molecule has 28 heavy (non-hydrogen) atoms. The van der Waals surface area contributed by atoms with E-state index in [9.17, 15) is 14.0 Å². The van der Waals surface area contributed by atoms with Gasteiger partial charge < -0.3 is 10.2 Å². The van der Waals surface area contributed by atoms with Crippen molar-refractivity contribution < 1.29 is 14.0 Å². The van der Waals surface area contributed by atoms with Gasteiger partial charge in [-0.1, -0.05) is 36.4 Å². The van der Waals surface area contributed by atoms with E-state index in [2.05, 4.69) is 5.32 Å². The predicted octanol–water partition coefficient (Wildman–Crippen LogP) is 4.01. The lowest BCUT2D eigenvalue weighted by atomic mass is 10.0. The molecule has 0 aromatic heterocycles. The maximum atomic E-state index is 13.2. The van der Waals surface area contributed by atoms with Crippen molar-refractivity contribution in [1.29, 1.82) is 0 Å². The van der Waals surface area contributed by atoms with Crippen LogP contribution < -0.4 is 5.32 Å². The molecule has 0 aliphatic rings. The Morgan fingerprint density at radius 2 is 1.68 bits per heavy atom. The van der Waals surface area contributed by atoms with Crippen LogP contribution >= 0.6 is 0 Å². The van der Waals surface area contributed by atoms with E-state index in [4.69, 9.17) is 0 Å². The SMILES string of the molecule is Cc1ccccc1CC(=O)N(Cc1ccc(F)cc1)C(C)C(=O)NC(C)(C)C. The highest BCUT2D eigenvalue weighted by Crippen LogP contribution is 2.15. The monoisotopic (exact) mass is 384 g/mol. The topological polar surface area (TPSA) is 49.4 Å². The van der Waals surface area contributed by atoms with E-state index in [0.717, 1.165) is 16.7 Å². The van der Waals surface area contributed by atoms with Gasteiger partial charge in [0.1, 0.15) is 11.9 Å². The molecule has 0 radical (unpaired) electrons. The number of hydrogen-bond donors (Lipinski definition) is 1. The summed E-state index contributed by atoms with van der Waals surface area (Å²) in [7, 11) is 0. The van der Waals surface area contributed by atoms with Crippen molar-refractivity contribution in [2.24, 2.45) is 0 Å². The second-order valence-corrected chi connectivity index (χ2v) is 8.17. The van der Waals surface area contributed by atoms with Crippen LogP contribution in [0.25, 0.3) is 0 Å². The molecule has 2 rings (SSSR count). The Hall–Kier alpha value is -2.69. The van der Waals surface area contributed by atoms with Crippen molar-refractivity contribution in [2.45, 2.75) is 59.2 Å². The normalized spacial score (nSPS) is 12.4. The molecule has 0 aliphatic heterocycles. The fourth-order valence-electron chi connectivity index (χ4n) is 2.92. The summed E-state index contributed by atoms with van der Waals surface area (Å²) in [5.41, 5.74) is 2.34. The van der Waals surface area contributed by atoms with E-state index in [1.165, 1.54) is 12.1 Å². The van der Waals surface area contributed by atoms with Crippen LogP contribution in [0.3, 0.4) is 0 Å². The number of amides is 2. The highest BCUT2D eigenvalue weighted by molar-refractivity contribution is 5.88. The third-order valence-corrected chi connectivity index (χ3v) is 4.53. The largest absolute Gasteiger partial charge is 0.350 e. The molecule has 1 unspecified atom stereocenters. The molecule has 1 N–H and O–H groups in total. The summed E-state index contributed by atoms with van der Waals surface area (Å²) >= 11 is 0. The van der Waals surface area contributed by atoms with Gasteiger partial charge in [-0.05, 0) is 63.4 Å². The second kappa shape index (κ2) is 9.00. The number of nitrogens with zero attached hydrogens (tertiary/aromatic N) is 1. The van der Waals surface area contributed by atoms with Gasteiger partial charge >= 0.3 is 0 Å². The third kappa shape index (κ3) is 6.19. The average molecular weight is 384 g/mol. The van der Waals surface area contributed by atoms with Crippen LogP contribution in [0.2, 0.25) is 0 Å². The number of carbonyl (C=O) groups is 2. The highest BCUT2D eigenvalue weighted by Gasteiger charge is 2.28. The zero-order valence-corrected chi connectivity index (χ0v) is 17.3. The van der Waals surface area contributed by atoms with Crippen LogP contribution in [0.1, 0.15) is 44.4 Å². The Kier molecular flexibility index (Phi) is 6.95. The Labute approximate surface area is 166 Å². The first-order valence-electron chi connectivity index (χ1n) is 9.47. The van der Waals surface area contributed by atoms with Crippen LogP contribution in [0, 0.1) is 12.7 Å². The van der Waals surface area contributed by atoms with E-state index >= 15 is 0 Å². The zero-order valence-electron chi connectivity index (χ0n) is 17.3. The third-order valence-electron chi connectivity index (χ3n) is 4.53. The summed E-state index contributed by atoms with van der Waals surface area (Å²) in [6.07, 6.45) is 0.209. The molecule has 2 aromatic rings. The molecule has 0 heterocycles. The fraction of sp³-hybridized carbons (Fsp3) is 0.391. The van der Waals surface area contributed by atoms with Crippen molar-refractivity contribution in [1.82, 2.24) is 10.2 Å². The molecular weight excluding hydrogens is 355 g/mol. The van der Waals surface area contributed by atoms with Gasteiger partial charge in [0, 0.05) is 12.1 Å². The summed E-state index contributed by atoms with van der Waals surface area (Å²) in [5, 5.41) is 2.93. The van der Waals surface area contributed by atoms with E-state index < -0.39 is 11.6 Å². The molecule has 0 aliphatic carbocycles. The number of halogens is 1. The van der Waals surface area contributed by atoms with Gasteiger partial charge in [-0.3, -0.25) is 9.59 Å². The summed E-state index contributed by atoms with van der Waals surface area (Å²) in [5.74, 6) is -0.692. The van der Waals surface area contributed by atoms with Gasteiger partial charge in [-0.15, -0.1) is 0 Å². The van der Waals surface area contributed by atoms with Crippen LogP contribution in [0.15, 0.2) is 48.5 Å². The lowest BCUT2D eigenvalue weighted by Gasteiger charge is -2.31. The number of aryl methyl sites for hydroxylation is 1. The summed E-state index contributed by atoms with van der Waals surface area (Å²) in [6, 6.07) is 13.1. The molecule has 0 saturated heterocycles. The summed E-state index contributed by atoms with van der Waals surface area (Å²) in [4.78, 5) is 27.4. The molecule has 0 bridgehead atoms. The standard InChI is InChI=1S/C23H29FN2O2/c1-16-8-6-7-9-19(16)14-21(27)26(15-18-10-12-20(24)13-11-18)17(2)22(28)25-23(3,4)5/h6-13,17H,14-15H2,1-5H3,(H,25,28). The first-order valence-corrected chi connectivity index (χ1v) is 9.47. The molecule has 5 heteroatoms. The van der Waals surface area contributed by atoms with Gasteiger partial charge in [-0.2, -0.15) is 0 Å². The van der Waals surface area contributed by atoms with E-state index in [-0.39, 0.29) is 30.6 Å². The van der Waals surface area contributed by atoms with Gasteiger partial charge in [0.05, 0.1) is 6.42 Å². The number of rotatable bonds is 6. The van der Waals surface area contributed by atoms with Gasteiger partial charge in [0.15, 0.2) is 0 Å². The molecule has 150 valence electrons. The Morgan fingerprint density at radius 3 is 2.25 bits per heavy atom. The minimum Gasteiger partial charge on any atom is -0.350 e. The highest BCUT2D eigenvalue weighted by atomic mass is 19.1. The molecular formula is C23H29FN2O2. The first kappa shape index (κ1) is 21.6. The number of benzene rings is 2. The van der Waals surface area contributed by atoms with Gasteiger partial charge in [0.25, 0.3) is 0 Å². The maximum absolute atomic E-state index is 13.2. The average Bonchev–Trinajstić information content (AvgIpc) is 2.61. The quantitative estimate of drug-likeness (QED) is 0.818. The molecule has 2 amide bonds. The van der Waals surface area contributed by atoms with Crippen LogP contribution in [0.5, 0.6) is 0 Å². The van der Waals surface area contributed by atoms with E-state index in [0.29, 0.717) is 0 Å². The number of carbonyl (C=O) groups excluding carboxylic acids is 2. The van der Waals surface area contributed by atoms with Crippen molar-refractivity contribution in [2.75, 3.05) is 0 Å². The smallest absolute Gasteiger partial charge is 0.242 e. The minimum atomic E-state index is -0.652. The van der Waals surface area contributed by atoms with E-state index in [1.54, 1.807) is 24.0 Å². The fourth-order valence-corrected chi connectivity index (χ4v) is 2.92. The second-order valence-electron chi connectivity index (χ2n) is 8.17. The molecule has 4 nitrogen and oxygen atoms in total. The molecule has 0 saturated carbocycles. The molecule has 0 fully saturated rings. The van der Waals surface area contributed by atoms with Crippen molar-refractivity contribution in [3.05, 3.63) is 71.0 Å². The van der Waals surface area contributed by atoms with Crippen molar-refractivity contribution in [3.8, 4) is 0 Å². The van der Waals surface area contributed by atoms with Crippen LogP contribution in [-0.4, -0.2) is 28.3 Å². The Bertz CT molecular complexity index is 825. The van der Waals surface area contributed by atoms with Gasteiger partial charge in [0.2, 0.25) is 11.8 Å². The lowest BCUT2D eigenvalue weighted by Crippen LogP contribution is -2.52. The van der Waals surface area contributed by atoms with Gasteiger partial charge in [-0.25, -0.2) is 4.39 Å². The predicted molar refractivity (Wildman–Crippen MR) is 109 cm³/mol. The summed E-state index contributed by atoms with van der Waals surface area (Å²) < 4.78 is 13.2. The summed E-state index contributed by atoms with van der Waals surface area (Å²) in [6.45, 7) is 9.62. The molecule has 2 aromatic carbocycles. The number of nitrogens with one attached hydrogen (secondary N) is 1. The molecule has 1 atom stereocenters. The van der Waals surface area contributed by atoms with Crippen molar-refractivity contribution >= 4 is 11.8 Å². The lowest BCUT2D eigenvalue weighted by molar-refractivity contribution is -0.140. The Morgan fingerprint density at radius 1 is 1.07 bits per heavy atom. The number of hydrogen-bond acceptors (Lipinski definition) is 2. The maximum Gasteiger partial charge on any atom is 0.242 e. The zero-order chi connectivity index (χ0) is 20.9. The first-order chi connectivity index (χ1) is 13.1. The van der Waals surface area contributed by atoms with Crippen molar-refractivity contribution in [3.63, 3.8) is 0 Å². The van der Waals surface area contributed by atoms with E-state index in [1.807, 2.05) is 52.0 Å².